The van der Waals surface area contributed by atoms with Gasteiger partial charge in [0, 0.05) is 12.0 Å². The van der Waals surface area contributed by atoms with E-state index < -0.39 is 11.6 Å². The van der Waals surface area contributed by atoms with Gasteiger partial charge in [-0.15, -0.1) is 0 Å². The molecule has 5 nitrogen and oxygen atoms in total. The van der Waals surface area contributed by atoms with E-state index in [2.05, 4.69) is 15.3 Å². The van der Waals surface area contributed by atoms with Crippen molar-refractivity contribution >= 4 is 23.4 Å². The monoisotopic (exact) mass is 325 g/mol. The Kier molecular flexibility index (Phi) is 4.95. The molecule has 122 valence electrons. The molecule has 6 heteroatoms. The average molecular weight is 326 g/mol. The van der Waals surface area contributed by atoms with Gasteiger partial charge in [0.15, 0.2) is 0 Å². The zero-order valence-electron chi connectivity index (χ0n) is 13.8. The SMILES string of the molecule is CC(C)[C@H](Nc1cc(Cl)nc(C2CC2)n1)C(=O)OC(C)(C)C. The maximum Gasteiger partial charge on any atom is 0.329 e. The summed E-state index contributed by atoms with van der Waals surface area (Å²) in [5.41, 5.74) is -0.519. The van der Waals surface area contributed by atoms with Crippen molar-refractivity contribution in [2.75, 3.05) is 5.32 Å². The molecule has 0 aliphatic heterocycles. The van der Waals surface area contributed by atoms with Gasteiger partial charge in [-0.1, -0.05) is 25.4 Å². The lowest BCUT2D eigenvalue weighted by molar-refractivity contribution is -0.156. The number of halogens is 1. The molecule has 0 saturated heterocycles. The summed E-state index contributed by atoms with van der Waals surface area (Å²) in [5.74, 6) is 1.50. The van der Waals surface area contributed by atoms with Gasteiger partial charge in [0.2, 0.25) is 0 Å². The third-order valence-electron chi connectivity index (χ3n) is 3.29. The first kappa shape index (κ1) is 17.0. The highest BCUT2D eigenvalue weighted by atomic mass is 35.5. The van der Waals surface area contributed by atoms with Crippen LogP contribution < -0.4 is 5.32 Å². The molecule has 22 heavy (non-hydrogen) atoms. The molecule has 1 fully saturated rings. The number of esters is 1. The van der Waals surface area contributed by atoms with Crippen LogP contribution in [0.5, 0.6) is 0 Å². The molecule has 1 aromatic rings. The third kappa shape index (κ3) is 4.83. The third-order valence-corrected chi connectivity index (χ3v) is 3.48. The molecule has 1 aliphatic rings. The Hall–Kier alpha value is -1.36. The predicted octanol–water partition coefficient (Wildman–Crippen LogP) is 3.79. The Balaban J connectivity index is 2.15. The van der Waals surface area contributed by atoms with Crippen molar-refractivity contribution in [2.24, 2.45) is 5.92 Å². The van der Waals surface area contributed by atoms with Crippen molar-refractivity contribution in [2.45, 2.75) is 65.0 Å². The second-order valence-corrected chi connectivity index (χ2v) is 7.50. The lowest BCUT2D eigenvalue weighted by atomic mass is 10.0. The largest absolute Gasteiger partial charge is 0.458 e. The molecule has 1 aromatic heterocycles. The number of carbonyl (C=O) groups is 1. The van der Waals surface area contributed by atoms with Crippen molar-refractivity contribution in [1.29, 1.82) is 0 Å². The summed E-state index contributed by atoms with van der Waals surface area (Å²) in [4.78, 5) is 21.1. The average Bonchev–Trinajstić information content (AvgIpc) is 3.16. The van der Waals surface area contributed by atoms with E-state index in [9.17, 15) is 4.79 Å². The smallest absolute Gasteiger partial charge is 0.329 e. The van der Waals surface area contributed by atoms with E-state index in [0.29, 0.717) is 16.9 Å². The highest BCUT2D eigenvalue weighted by Crippen LogP contribution is 2.38. The van der Waals surface area contributed by atoms with E-state index >= 15 is 0 Å². The van der Waals surface area contributed by atoms with Crippen LogP contribution in [0.3, 0.4) is 0 Å². The van der Waals surface area contributed by atoms with Gasteiger partial charge in [0.1, 0.15) is 28.4 Å². The van der Waals surface area contributed by atoms with Gasteiger partial charge in [-0.05, 0) is 39.5 Å². The van der Waals surface area contributed by atoms with Crippen LogP contribution in [-0.4, -0.2) is 27.6 Å². The molecule has 2 rings (SSSR count). The Morgan fingerprint density at radius 3 is 2.50 bits per heavy atom. The van der Waals surface area contributed by atoms with Crippen LogP contribution in [0, 0.1) is 5.92 Å². The number of hydrogen-bond donors (Lipinski definition) is 1. The standard InChI is InChI=1S/C16H24ClN3O2/c1-9(2)13(15(21)22-16(3,4)5)19-12-8-11(17)18-14(20-12)10-6-7-10/h8-10,13H,6-7H2,1-5H3,(H,18,19,20)/t13-/m0/s1. The second kappa shape index (κ2) is 6.41. The summed E-state index contributed by atoms with van der Waals surface area (Å²) in [6.45, 7) is 9.50. The topological polar surface area (TPSA) is 64.1 Å². The maximum absolute atomic E-state index is 12.4. The summed E-state index contributed by atoms with van der Waals surface area (Å²) in [6.07, 6.45) is 2.19. The summed E-state index contributed by atoms with van der Waals surface area (Å²) in [5, 5.41) is 3.55. The van der Waals surface area contributed by atoms with Crippen LogP contribution in [-0.2, 0) is 9.53 Å². The molecule has 0 bridgehead atoms. The lowest BCUT2D eigenvalue weighted by Crippen LogP contribution is -2.40. The minimum absolute atomic E-state index is 0.0629. The van der Waals surface area contributed by atoms with Crippen LogP contribution >= 0.6 is 11.6 Å². The number of carbonyl (C=O) groups excluding carboxylic acids is 1. The fourth-order valence-electron chi connectivity index (χ4n) is 2.06. The summed E-state index contributed by atoms with van der Waals surface area (Å²) in [7, 11) is 0. The zero-order valence-corrected chi connectivity index (χ0v) is 14.6. The predicted molar refractivity (Wildman–Crippen MR) is 87.1 cm³/mol. The molecule has 0 unspecified atom stereocenters. The van der Waals surface area contributed by atoms with Gasteiger partial charge in [0.05, 0.1) is 0 Å². The van der Waals surface area contributed by atoms with Crippen LogP contribution in [0.2, 0.25) is 5.15 Å². The fraction of sp³-hybridized carbons (Fsp3) is 0.688. The minimum Gasteiger partial charge on any atom is -0.458 e. The number of hydrogen-bond acceptors (Lipinski definition) is 5. The van der Waals surface area contributed by atoms with Crippen molar-refractivity contribution in [3.63, 3.8) is 0 Å². The Bertz CT molecular complexity index is 551. The summed E-state index contributed by atoms with van der Waals surface area (Å²) < 4.78 is 5.48. The van der Waals surface area contributed by atoms with Crippen LogP contribution in [0.4, 0.5) is 5.82 Å². The molecular formula is C16H24ClN3O2. The van der Waals surface area contributed by atoms with Gasteiger partial charge in [-0.3, -0.25) is 0 Å². The number of aromatic nitrogens is 2. The number of nitrogens with one attached hydrogen (secondary N) is 1. The highest BCUT2D eigenvalue weighted by Gasteiger charge is 2.30. The van der Waals surface area contributed by atoms with E-state index in [1.807, 2.05) is 34.6 Å². The fourth-order valence-corrected chi connectivity index (χ4v) is 2.25. The second-order valence-electron chi connectivity index (χ2n) is 7.11. The Labute approximate surface area is 136 Å². The normalized spacial score (nSPS) is 16.5. The summed E-state index contributed by atoms with van der Waals surface area (Å²) in [6, 6.07) is 1.17. The zero-order chi connectivity index (χ0) is 16.5. The first-order valence-corrected chi connectivity index (χ1v) is 8.07. The van der Waals surface area contributed by atoms with E-state index in [0.717, 1.165) is 18.7 Å². The van der Waals surface area contributed by atoms with E-state index in [-0.39, 0.29) is 11.9 Å². The van der Waals surface area contributed by atoms with E-state index in [1.54, 1.807) is 6.07 Å². The minimum atomic E-state index is -0.519. The molecule has 1 aliphatic carbocycles. The van der Waals surface area contributed by atoms with Crippen LogP contribution in [0.1, 0.15) is 59.2 Å². The van der Waals surface area contributed by atoms with Gasteiger partial charge in [-0.2, -0.15) is 0 Å². The quantitative estimate of drug-likeness (QED) is 0.659. The Morgan fingerprint density at radius 2 is 2.00 bits per heavy atom. The molecule has 1 N–H and O–H groups in total. The first-order valence-electron chi connectivity index (χ1n) is 7.69. The van der Waals surface area contributed by atoms with Crippen molar-refractivity contribution in [3.05, 3.63) is 17.0 Å². The van der Waals surface area contributed by atoms with Gasteiger partial charge >= 0.3 is 5.97 Å². The van der Waals surface area contributed by atoms with Gasteiger partial charge < -0.3 is 10.1 Å². The number of rotatable bonds is 5. The van der Waals surface area contributed by atoms with Gasteiger partial charge in [0.25, 0.3) is 0 Å². The van der Waals surface area contributed by atoms with E-state index in [4.69, 9.17) is 16.3 Å². The Morgan fingerprint density at radius 1 is 1.36 bits per heavy atom. The molecule has 1 atom stereocenters. The number of nitrogens with zero attached hydrogens (tertiary/aromatic N) is 2. The molecule has 0 amide bonds. The number of anilines is 1. The molecule has 1 saturated carbocycles. The van der Waals surface area contributed by atoms with Gasteiger partial charge in [-0.25, -0.2) is 14.8 Å². The molecule has 1 heterocycles. The molecule has 0 spiro atoms. The number of ether oxygens (including phenoxy) is 1. The highest BCUT2D eigenvalue weighted by molar-refractivity contribution is 6.29. The molecule has 0 aromatic carbocycles. The summed E-state index contributed by atoms with van der Waals surface area (Å²) >= 11 is 6.06. The maximum atomic E-state index is 12.4. The molecular weight excluding hydrogens is 302 g/mol. The van der Waals surface area contributed by atoms with Crippen molar-refractivity contribution < 1.29 is 9.53 Å². The van der Waals surface area contributed by atoms with Crippen LogP contribution in [0.25, 0.3) is 0 Å². The van der Waals surface area contributed by atoms with E-state index in [1.165, 1.54) is 0 Å². The molecule has 0 radical (unpaired) electrons. The lowest BCUT2D eigenvalue weighted by Gasteiger charge is -2.27. The first-order chi connectivity index (χ1) is 10.2. The van der Waals surface area contributed by atoms with Crippen LogP contribution in [0.15, 0.2) is 6.07 Å². The van der Waals surface area contributed by atoms with Crippen molar-refractivity contribution in [1.82, 2.24) is 9.97 Å². The van der Waals surface area contributed by atoms with Crippen molar-refractivity contribution in [3.8, 4) is 0 Å².